The van der Waals surface area contributed by atoms with Gasteiger partial charge < -0.3 is 25.6 Å². The van der Waals surface area contributed by atoms with Gasteiger partial charge in [-0.2, -0.15) is 0 Å². The average molecular weight is 683 g/mol. The highest BCUT2D eigenvalue weighted by molar-refractivity contribution is 7.89. The standard InChI is InChI=1S/C34H46N6O5S2/c1-34(2,3)39-47(43,44)30-19-26(37-32(41)36-20-23-9-6-5-7-10-23)16-17-28(30)29-21-35-31(46-29)24-12-14-25(15-13-24)38-33(42)45-22-27-11-8-18-40(27)4/h5-7,9-10,16-17,19,21,24-25,27,39H,8,11-15,18,20,22H2,1-4H3,(H,38,42)(H2,36,37,41)/t24-,25-,27-/m0/s1. The molecule has 1 aromatic heterocycles. The molecule has 1 atom stereocenters. The number of likely N-dealkylation sites (N-methyl/N-ethyl adjacent to an activating group) is 1. The number of urea groups is 1. The van der Waals surface area contributed by atoms with Crippen LogP contribution in [0.1, 0.15) is 75.8 Å². The van der Waals surface area contributed by atoms with Crippen LogP contribution in [-0.2, 0) is 21.3 Å². The molecule has 4 N–H and O–H groups in total. The van der Waals surface area contributed by atoms with Gasteiger partial charge in [-0.15, -0.1) is 11.3 Å². The molecular formula is C34H46N6O5S2. The third-order valence-corrected chi connectivity index (χ3v) is 11.5. The number of nitrogens with one attached hydrogen (secondary N) is 4. The van der Waals surface area contributed by atoms with Gasteiger partial charge in [0.25, 0.3) is 0 Å². The van der Waals surface area contributed by atoms with E-state index in [1.54, 1.807) is 39.1 Å². The third kappa shape index (κ3) is 9.75. The summed E-state index contributed by atoms with van der Waals surface area (Å²) in [6.07, 6.45) is 6.93. The van der Waals surface area contributed by atoms with Gasteiger partial charge in [0.2, 0.25) is 10.0 Å². The van der Waals surface area contributed by atoms with E-state index in [1.165, 1.54) is 17.4 Å². The molecule has 0 bridgehead atoms. The van der Waals surface area contributed by atoms with Gasteiger partial charge in [-0.1, -0.05) is 36.4 Å². The topological polar surface area (TPSA) is 142 Å². The molecule has 3 aromatic rings. The molecule has 11 nitrogen and oxygen atoms in total. The van der Waals surface area contributed by atoms with Crippen molar-refractivity contribution in [1.82, 2.24) is 25.2 Å². The van der Waals surface area contributed by atoms with E-state index in [0.29, 0.717) is 30.4 Å². The summed E-state index contributed by atoms with van der Waals surface area (Å²) in [6, 6.07) is 14.4. The van der Waals surface area contributed by atoms with E-state index in [2.05, 4.69) is 32.6 Å². The number of carbonyl (C=O) groups is 2. The number of nitrogens with zero attached hydrogens (tertiary/aromatic N) is 2. The van der Waals surface area contributed by atoms with Crippen LogP contribution in [0, 0.1) is 0 Å². The number of ether oxygens (including phenoxy) is 1. The highest BCUT2D eigenvalue weighted by Gasteiger charge is 2.29. The van der Waals surface area contributed by atoms with Crippen LogP contribution in [0.3, 0.4) is 0 Å². The van der Waals surface area contributed by atoms with Crippen molar-refractivity contribution < 1.29 is 22.7 Å². The summed E-state index contributed by atoms with van der Waals surface area (Å²) in [5.41, 5.74) is 1.12. The minimum atomic E-state index is -3.96. The summed E-state index contributed by atoms with van der Waals surface area (Å²) in [5, 5.41) is 9.55. The maximum Gasteiger partial charge on any atom is 0.407 e. The Labute approximate surface area is 281 Å². The summed E-state index contributed by atoms with van der Waals surface area (Å²) in [4.78, 5) is 32.8. The first-order valence-electron chi connectivity index (χ1n) is 16.2. The monoisotopic (exact) mass is 682 g/mol. The van der Waals surface area contributed by atoms with Crippen molar-refractivity contribution in [2.75, 3.05) is 25.5 Å². The first-order chi connectivity index (χ1) is 22.4. The van der Waals surface area contributed by atoms with Crippen LogP contribution in [0.4, 0.5) is 15.3 Å². The quantitative estimate of drug-likeness (QED) is 0.204. The van der Waals surface area contributed by atoms with Gasteiger partial charge in [-0.05, 0) is 90.6 Å². The normalized spacial score (nSPS) is 20.5. The van der Waals surface area contributed by atoms with E-state index in [-0.39, 0.29) is 22.9 Å². The number of carbonyl (C=O) groups excluding carboxylic acids is 2. The maximum atomic E-state index is 13.7. The lowest BCUT2D eigenvalue weighted by Gasteiger charge is -2.28. The van der Waals surface area contributed by atoms with Crippen molar-refractivity contribution in [2.24, 2.45) is 0 Å². The summed E-state index contributed by atoms with van der Waals surface area (Å²) in [7, 11) is -1.89. The molecule has 0 radical (unpaired) electrons. The zero-order valence-corrected chi connectivity index (χ0v) is 29.2. The van der Waals surface area contributed by atoms with E-state index in [4.69, 9.17) is 9.72 Å². The number of thiazole rings is 1. The van der Waals surface area contributed by atoms with Crippen LogP contribution < -0.4 is 20.7 Å². The van der Waals surface area contributed by atoms with Crippen LogP contribution in [0.25, 0.3) is 10.4 Å². The molecule has 2 aromatic carbocycles. The Morgan fingerprint density at radius 1 is 1.04 bits per heavy atom. The van der Waals surface area contributed by atoms with Gasteiger partial charge in [-0.25, -0.2) is 27.7 Å². The number of benzene rings is 2. The van der Waals surface area contributed by atoms with Crippen molar-refractivity contribution in [3.05, 3.63) is 65.3 Å². The number of aromatic nitrogens is 1. The van der Waals surface area contributed by atoms with E-state index in [9.17, 15) is 18.0 Å². The highest BCUT2D eigenvalue weighted by Crippen LogP contribution is 2.40. The van der Waals surface area contributed by atoms with Gasteiger partial charge in [0.05, 0.1) is 14.8 Å². The van der Waals surface area contributed by atoms with Crippen molar-refractivity contribution in [2.45, 2.75) is 94.3 Å². The number of anilines is 1. The Kier molecular flexibility index (Phi) is 11.2. The van der Waals surface area contributed by atoms with Crippen LogP contribution >= 0.6 is 11.3 Å². The van der Waals surface area contributed by atoms with Crippen molar-refractivity contribution in [3.63, 3.8) is 0 Å². The van der Waals surface area contributed by atoms with Crippen molar-refractivity contribution in [3.8, 4) is 10.4 Å². The smallest absolute Gasteiger partial charge is 0.407 e. The molecule has 0 spiro atoms. The Morgan fingerprint density at radius 3 is 2.47 bits per heavy atom. The Hall–Kier alpha value is -3.52. The fraction of sp³-hybridized carbons (Fsp3) is 0.500. The number of amides is 3. The van der Waals surface area contributed by atoms with Gasteiger partial charge >= 0.3 is 12.1 Å². The number of hydrogen-bond acceptors (Lipinski definition) is 8. The summed E-state index contributed by atoms with van der Waals surface area (Å²) in [6.45, 7) is 7.15. The molecule has 3 amide bonds. The summed E-state index contributed by atoms with van der Waals surface area (Å²) >= 11 is 1.48. The van der Waals surface area contributed by atoms with Crippen LogP contribution in [0.15, 0.2) is 59.6 Å². The lowest BCUT2D eigenvalue weighted by atomic mass is 9.86. The zero-order chi connectivity index (χ0) is 33.6. The Balaban J connectivity index is 1.24. The second-order valence-corrected chi connectivity index (χ2v) is 16.2. The average Bonchev–Trinajstić information content (AvgIpc) is 3.68. The first-order valence-corrected chi connectivity index (χ1v) is 18.5. The fourth-order valence-electron chi connectivity index (χ4n) is 6.09. The number of sulfonamides is 1. The predicted octanol–water partition coefficient (Wildman–Crippen LogP) is 6.06. The lowest BCUT2D eigenvalue weighted by molar-refractivity contribution is 0.110. The molecule has 1 aliphatic heterocycles. The number of rotatable bonds is 10. The minimum absolute atomic E-state index is 0.0599. The van der Waals surface area contributed by atoms with Crippen molar-refractivity contribution in [1.29, 1.82) is 0 Å². The Morgan fingerprint density at radius 2 is 1.79 bits per heavy atom. The molecule has 1 aliphatic carbocycles. The largest absolute Gasteiger partial charge is 0.448 e. The van der Waals surface area contributed by atoms with Gasteiger partial charge in [0, 0.05) is 47.5 Å². The third-order valence-electron chi connectivity index (χ3n) is 8.53. The SMILES string of the molecule is CN1CCC[C@H]1COC(=O)N[C@H]1CC[C@H](c2ncc(-c3ccc(NC(=O)NCc4ccccc4)cc3S(=O)(=O)NC(C)(C)C)s2)CC1. The fourth-order valence-corrected chi connectivity index (χ4v) is 8.95. The van der Waals surface area contributed by atoms with Gasteiger partial charge in [-0.3, -0.25) is 0 Å². The number of hydrogen-bond donors (Lipinski definition) is 4. The first kappa shape index (κ1) is 34.8. The maximum absolute atomic E-state index is 13.7. The lowest BCUT2D eigenvalue weighted by Crippen LogP contribution is -2.40. The molecule has 47 heavy (non-hydrogen) atoms. The summed E-state index contributed by atoms with van der Waals surface area (Å²) < 4.78 is 35.6. The molecule has 2 heterocycles. The molecule has 0 unspecified atom stereocenters. The van der Waals surface area contributed by atoms with E-state index >= 15 is 0 Å². The predicted molar refractivity (Wildman–Crippen MR) is 185 cm³/mol. The number of alkyl carbamates (subject to hydrolysis) is 1. The van der Waals surface area contributed by atoms with E-state index in [0.717, 1.165) is 60.5 Å². The molecule has 2 fully saturated rings. The molecule has 5 rings (SSSR count). The van der Waals surface area contributed by atoms with Crippen molar-refractivity contribution >= 4 is 39.2 Å². The molecular weight excluding hydrogens is 637 g/mol. The van der Waals surface area contributed by atoms with Crippen LogP contribution in [0.5, 0.6) is 0 Å². The van der Waals surface area contributed by atoms with E-state index < -0.39 is 21.6 Å². The molecule has 1 saturated carbocycles. The number of likely N-dealkylation sites (tertiary alicyclic amines) is 1. The molecule has 254 valence electrons. The Bertz CT molecular complexity index is 1630. The second kappa shape index (κ2) is 15.1. The molecule has 1 saturated heterocycles. The van der Waals surface area contributed by atoms with E-state index in [1.807, 2.05) is 30.3 Å². The molecule has 2 aliphatic rings. The van der Waals surface area contributed by atoms with Gasteiger partial charge in [0.15, 0.2) is 0 Å². The zero-order valence-electron chi connectivity index (χ0n) is 27.5. The highest BCUT2D eigenvalue weighted by atomic mass is 32.2. The minimum Gasteiger partial charge on any atom is -0.448 e. The second-order valence-electron chi connectivity index (χ2n) is 13.5. The summed E-state index contributed by atoms with van der Waals surface area (Å²) in [5.74, 6) is 0.219. The molecule has 13 heteroatoms. The van der Waals surface area contributed by atoms with Crippen LogP contribution in [0.2, 0.25) is 0 Å². The van der Waals surface area contributed by atoms with Crippen LogP contribution in [-0.4, -0.2) is 68.2 Å². The van der Waals surface area contributed by atoms with Gasteiger partial charge in [0.1, 0.15) is 6.61 Å².